The van der Waals surface area contributed by atoms with Crippen molar-refractivity contribution < 1.29 is 0 Å². The topological polar surface area (TPSA) is 56.0 Å². The van der Waals surface area contributed by atoms with Crippen LogP contribution in [0.15, 0.2) is 0 Å². The summed E-state index contributed by atoms with van der Waals surface area (Å²) in [6, 6.07) is 0. The number of fused-ring (bicyclic) bond motifs is 1. The van der Waals surface area contributed by atoms with Gasteiger partial charge in [0.1, 0.15) is 5.82 Å². The number of anilines is 1. The third kappa shape index (κ3) is 1.73. The summed E-state index contributed by atoms with van der Waals surface area (Å²) in [5.74, 6) is 1.07. The Morgan fingerprint density at radius 1 is 1.12 bits per heavy atom. The highest BCUT2D eigenvalue weighted by atomic mass is 32.1. The molecular weight excluding hydrogens is 222 g/mol. The van der Waals surface area contributed by atoms with E-state index < -0.39 is 0 Å². The number of hydrogen-bond donors (Lipinski definition) is 3. The van der Waals surface area contributed by atoms with Gasteiger partial charge in [-0.3, -0.25) is 0 Å². The second kappa shape index (κ2) is 4.12. The van der Waals surface area contributed by atoms with Crippen LogP contribution in [0.25, 0.3) is 0 Å². The van der Waals surface area contributed by atoms with E-state index in [2.05, 4.69) is 25.5 Å². The van der Waals surface area contributed by atoms with Crippen LogP contribution in [-0.2, 0) is 13.1 Å². The lowest BCUT2D eigenvalue weighted by atomic mass is 10.2. The van der Waals surface area contributed by atoms with Gasteiger partial charge in [-0.25, -0.2) is 4.98 Å². The van der Waals surface area contributed by atoms with Crippen LogP contribution in [0.5, 0.6) is 0 Å². The number of aromatic nitrogens is 2. The molecule has 6 heteroatoms. The van der Waals surface area contributed by atoms with Crippen LogP contribution in [0.2, 0.25) is 0 Å². The number of nitrogens with zero attached hydrogens (tertiary/aromatic N) is 2. The number of aromatic amines is 1. The zero-order valence-corrected chi connectivity index (χ0v) is 9.86. The van der Waals surface area contributed by atoms with Crippen LogP contribution in [-0.4, -0.2) is 36.1 Å². The molecule has 0 spiro atoms. The minimum absolute atomic E-state index is 0.594. The molecule has 1 aromatic heterocycles. The Balaban J connectivity index is 2.02. The number of H-pyrrole nitrogens is 1. The molecule has 0 bridgehead atoms. The van der Waals surface area contributed by atoms with Crippen molar-refractivity contribution in [3.05, 3.63) is 16.0 Å². The molecule has 3 N–H and O–H groups in total. The first kappa shape index (κ1) is 10.2. The number of piperazine rings is 1. The molecular formula is C10H15N5S. The van der Waals surface area contributed by atoms with E-state index in [1.807, 2.05) is 0 Å². The van der Waals surface area contributed by atoms with Crippen molar-refractivity contribution in [3.8, 4) is 0 Å². The fourth-order valence-corrected chi connectivity index (χ4v) is 2.53. The summed E-state index contributed by atoms with van der Waals surface area (Å²) >= 11 is 5.17. The van der Waals surface area contributed by atoms with Crippen molar-refractivity contribution in [3.63, 3.8) is 0 Å². The molecule has 1 aromatic rings. The summed E-state index contributed by atoms with van der Waals surface area (Å²) in [5, 5.41) is 6.68. The average Bonchev–Trinajstić information content (AvgIpc) is 2.77. The van der Waals surface area contributed by atoms with Crippen LogP contribution in [0.1, 0.15) is 11.3 Å². The Morgan fingerprint density at radius 3 is 2.75 bits per heavy atom. The molecule has 0 aromatic carbocycles. The quantitative estimate of drug-likeness (QED) is 0.607. The van der Waals surface area contributed by atoms with Crippen molar-refractivity contribution in [2.45, 2.75) is 13.1 Å². The SMILES string of the molecule is S=c1nc(N2CCNCC2)c2c([nH]1)CNC2. The van der Waals surface area contributed by atoms with Gasteiger partial charge in [0.2, 0.25) is 0 Å². The van der Waals surface area contributed by atoms with Gasteiger partial charge in [-0.05, 0) is 12.2 Å². The van der Waals surface area contributed by atoms with Crippen molar-refractivity contribution >= 4 is 18.0 Å². The molecule has 1 saturated heterocycles. The smallest absolute Gasteiger partial charge is 0.199 e. The van der Waals surface area contributed by atoms with E-state index in [4.69, 9.17) is 12.2 Å². The van der Waals surface area contributed by atoms with E-state index in [1.54, 1.807) is 0 Å². The number of hydrogen-bond acceptors (Lipinski definition) is 5. The largest absolute Gasteiger partial charge is 0.354 e. The number of nitrogens with one attached hydrogen (secondary N) is 3. The lowest BCUT2D eigenvalue weighted by Crippen LogP contribution is -2.44. The lowest BCUT2D eigenvalue weighted by Gasteiger charge is -2.29. The van der Waals surface area contributed by atoms with Crippen molar-refractivity contribution in [2.75, 3.05) is 31.1 Å². The molecule has 3 rings (SSSR count). The van der Waals surface area contributed by atoms with Crippen LogP contribution in [0.3, 0.4) is 0 Å². The van der Waals surface area contributed by atoms with Gasteiger partial charge in [-0.2, -0.15) is 0 Å². The molecule has 0 unspecified atom stereocenters. The molecule has 0 aliphatic carbocycles. The van der Waals surface area contributed by atoms with Gasteiger partial charge in [-0.15, -0.1) is 0 Å². The first-order valence-electron chi connectivity index (χ1n) is 5.63. The predicted octanol–water partition coefficient (Wildman–Crippen LogP) is 0.152. The van der Waals surface area contributed by atoms with Crippen molar-refractivity contribution in [2.24, 2.45) is 0 Å². The molecule has 0 atom stereocenters. The second-order valence-electron chi connectivity index (χ2n) is 4.16. The monoisotopic (exact) mass is 237 g/mol. The highest BCUT2D eigenvalue weighted by Gasteiger charge is 2.21. The molecule has 5 nitrogen and oxygen atoms in total. The summed E-state index contributed by atoms with van der Waals surface area (Å²) in [6.45, 7) is 5.84. The van der Waals surface area contributed by atoms with Crippen molar-refractivity contribution in [1.82, 2.24) is 20.6 Å². The Kier molecular flexibility index (Phi) is 2.62. The zero-order chi connectivity index (χ0) is 11.0. The van der Waals surface area contributed by atoms with Gasteiger partial charge in [0.15, 0.2) is 4.77 Å². The highest BCUT2D eigenvalue weighted by Crippen LogP contribution is 2.23. The highest BCUT2D eigenvalue weighted by molar-refractivity contribution is 7.71. The summed E-state index contributed by atoms with van der Waals surface area (Å²) in [6.07, 6.45) is 0. The maximum atomic E-state index is 5.17. The minimum atomic E-state index is 0.594. The zero-order valence-electron chi connectivity index (χ0n) is 9.05. The lowest BCUT2D eigenvalue weighted by molar-refractivity contribution is 0.582. The van der Waals surface area contributed by atoms with Gasteiger partial charge in [-0.1, -0.05) is 0 Å². The summed E-state index contributed by atoms with van der Waals surface area (Å²) < 4.78 is 0.594. The fraction of sp³-hybridized carbons (Fsp3) is 0.600. The second-order valence-corrected chi connectivity index (χ2v) is 4.55. The summed E-state index contributed by atoms with van der Waals surface area (Å²) in [7, 11) is 0. The average molecular weight is 237 g/mol. The Bertz CT molecular complexity index is 449. The first-order valence-corrected chi connectivity index (χ1v) is 6.04. The third-order valence-electron chi connectivity index (χ3n) is 3.12. The number of rotatable bonds is 1. The Hall–Kier alpha value is -0.980. The molecule has 0 amide bonds. The van der Waals surface area contributed by atoms with Crippen LogP contribution in [0.4, 0.5) is 5.82 Å². The molecule has 2 aliphatic rings. The normalized spacial score (nSPS) is 19.9. The Morgan fingerprint density at radius 2 is 1.94 bits per heavy atom. The molecule has 0 radical (unpaired) electrons. The Labute approximate surface area is 99.3 Å². The van der Waals surface area contributed by atoms with Gasteiger partial charge >= 0.3 is 0 Å². The minimum Gasteiger partial charge on any atom is -0.354 e. The van der Waals surface area contributed by atoms with Gasteiger partial charge in [0.25, 0.3) is 0 Å². The maximum Gasteiger partial charge on any atom is 0.199 e. The van der Waals surface area contributed by atoms with E-state index in [1.165, 1.54) is 11.3 Å². The van der Waals surface area contributed by atoms with Gasteiger partial charge in [0, 0.05) is 50.5 Å². The molecule has 16 heavy (non-hydrogen) atoms. The van der Waals surface area contributed by atoms with E-state index >= 15 is 0 Å². The van der Waals surface area contributed by atoms with Gasteiger partial charge < -0.3 is 20.5 Å². The molecule has 2 aliphatic heterocycles. The molecule has 0 saturated carbocycles. The summed E-state index contributed by atoms with van der Waals surface area (Å²) in [4.78, 5) is 9.98. The van der Waals surface area contributed by atoms with Gasteiger partial charge in [0.05, 0.1) is 0 Å². The van der Waals surface area contributed by atoms with Crippen LogP contribution in [0, 0.1) is 4.77 Å². The fourth-order valence-electron chi connectivity index (χ4n) is 2.32. The molecule has 3 heterocycles. The maximum absolute atomic E-state index is 5.17. The van der Waals surface area contributed by atoms with Crippen LogP contribution >= 0.6 is 12.2 Å². The van der Waals surface area contributed by atoms with E-state index in [-0.39, 0.29) is 0 Å². The molecule has 1 fully saturated rings. The van der Waals surface area contributed by atoms with E-state index in [9.17, 15) is 0 Å². The third-order valence-corrected chi connectivity index (χ3v) is 3.31. The summed E-state index contributed by atoms with van der Waals surface area (Å²) in [5.41, 5.74) is 2.49. The van der Waals surface area contributed by atoms with E-state index in [0.717, 1.165) is 45.1 Å². The molecule has 86 valence electrons. The van der Waals surface area contributed by atoms with Crippen molar-refractivity contribution in [1.29, 1.82) is 0 Å². The van der Waals surface area contributed by atoms with E-state index in [0.29, 0.717) is 4.77 Å². The first-order chi connectivity index (χ1) is 7.84. The predicted molar refractivity (Wildman–Crippen MR) is 65.0 cm³/mol. The van der Waals surface area contributed by atoms with Crippen LogP contribution < -0.4 is 15.5 Å². The standard InChI is InChI=1S/C10H15N5S/c16-10-13-8-6-12-5-7(8)9(14-10)15-3-1-11-2-4-15/h11-12H,1-6H2,(H,13,14,16).